The zero-order valence-corrected chi connectivity index (χ0v) is 7.39. The van der Waals surface area contributed by atoms with Gasteiger partial charge in [-0.25, -0.2) is 0 Å². The highest BCUT2D eigenvalue weighted by Gasteiger charge is 1.94. The monoisotopic (exact) mass is 170 g/mol. The maximum atomic E-state index is 4.87. The predicted octanol–water partition coefficient (Wildman–Crippen LogP) is 1.35. The summed E-state index contributed by atoms with van der Waals surface area (Å²) in [6, 6.07) is 3.74. The van der Waals surface area contributed by atoms with E-state index >= 15 is 0 Å². The summed E-state index contributed by atoms with van der Waals surface area (Å²) < 4.78 is 4.87. The van der Waals surface area contributed by atoms with Crippen molar-refractivity contribution < 1.29 is 4.74 Å². The molecule has 0 radical (unpaired) electrons. The lowest BCUT2D eigenvalue weighted by Crippen LogP contribution is -1.93. The smallest absolute Gasteiger partial charge is 0.233 e. The van der Waals surface area contributed by atoms with Crippen molar-refractivity contribution >= 4 is 11.8 Å². The molecule has 1 aromatic heterocycles. The Morgan fingerprint density at radius 3 is 2.73 bits per heavy atom. The van der Waals surface area contributed by atoms with Gasteiger partial charge in [-0.05, 0) is 12.3 Å². The van der Waals surface area contributed by atoms with E-state index in [4.69, 9.17) is 4.74 Å². The Labute approximate surface area is 70.2 Å². The van der Waals surface area contributed by atoms with Crippen LogP contribution < -0.4 is 4.74 Å². The van der Waals surface area contributed by atoms with Crippen molar-refractivity contribution in [1.82, 2.24) is 10.2 Å². The van der Waals surface area contributed by atoms with Crippen molar-refractivity contribution in [2.45, 2.75) is 5.75 Å². The van der Waals surface area contributed by atoms with Gasteiger partial charge in [0, 0.05) is 11.8 Å². The molecule has 0 fully saturated rings. The summed E-state index contributed by atoms with van der Waals surface area (Å²) >= 11 is 1.72. The third-order valence-electron chi connectivity index (χ3n) is 1.20. The largest absolute Gasteiger partial charge is 0.480 e. The van der Waals surface area contributed by atoms with Crippen molar-refractivity contribution in [3.63, 3.8) is 0 Å². The average molecular weight is 170 g/mol. The molecule has 0 unspecified atom stereocenters. The van der Waals surface area contributed by atoms with Gasteiger partial charge in [-0.15, -0.1) is 5.10 Å². The summed E-state index contributed by atoms with van der Waals surface area (Å²) in [6.07, 6.45) is 2.03. The molecule has 0 aliphatic rings. The van der Waals surface area contributed by atoms with E-state index in [-0.39, 0.29) is 0 Å². The molecule has 0 saturated heterocycles. The van der Waals surface area contributed by atoms with Gasteiger partial charge in [-0.2, -0.15) is 16.9 Å². The van der Waals surface area contributed by atoms with Crippen LogP contribution in [0.1, 0.15) is 5.69 Å². The van der Waals surface area contributed by atoms with Crippen LogP contribution in [0.2, 0.25) is 0 Å². The van der Waals surface area contributed by atoms with Crippen molar-refractivity contribution in [2.75, 3.05) is 13.4 Å². The van der Waals surface area contributed by atoms with Crippen LogP contribution in [0, 0.1) is 0 Å². The molecule has 11 heavy (non-hydrogen) atoms. The van der Waals surface area contributed by atoms with Gasteiger partial charge in [0.2, 0.25) is 5.88 Å². The van der Waals surface area contributed by atoms with E-state index in [2.05, 4.69) is 10.2 Å². The summed E-state index contributed by atoms with van der Waals surface area (Å²) in [4.78, 5) is 0. The second-order valence-electron chi connectivity index (χ2n) is 2.00. The minimum atomic E-state index is 0.565. The number of thioether (sulfide) groups is 1. The third-order valence-corrected chi connectivity index (χ3v) is 1.78. The van der Waals surface area contributed by atoms with E-state index in [1.54, 1.807) is 18.9 Å². The SMILES string of the molecule is COc1ccc(CSC)nn1. The predicted molar refractivity (Wildman–Crippen MR) is 45.8 cm³/mol. The molecule has 0 amide bonds. The number of aromatic nitrogens is 2. The molecule has 4 heteroatoms. The highest BCUT2D eigenvalue weighted by molar-refractivity contribution is 7.97. The van der Waals surface area contributed by atoms with Crippen LogP contribution in [0.5, 0.6) is 5.88 Å². The molecule has 3 nitrogen and oxygen atoms in total. The lowest BCUT2D eigenvalue weighted by atomic mass is 10.4. The van der Waals surface area contributed by atoms with Crippen LogP contribution in [0.15, 0.2) is 12.1 Å². The Bertz CT molecular complexity index is 212. The second-order valence-corrected chi connectivity index (χ2v) is 2.87. The number of ether oxygens (including phenoxy) is 1. The summed E-state index contributed by atoms with van der Waals surface area (Å²) in [5.41, 5.74) is 0.985. The molecule has 0 atom stereocenters. The highest BCUT2D eigenvalue weighted by atomic mass is 32.2. The standard InChI is InChI=1S/C7H10N2OS/c1-10-7-4-3-6(5-11-2)8-9-7/h3-4H,5H2,1-2H3. The number of hydrogen-bond acceptors (Lipinski definition) is 4. The normalized spacial score (nSPS) is 9.64. The van der Waals surface area contributed by atoms with Gasteiger partial charge in [-0.3, -0.25) is 0 Å². The topological polar surface area (TPSA) is 35.0 Å². The molecule has 1 aromatic rings. The number of methoxy groups -OCH3 is 1. The fourth-order valence-corrected chi connectivity index (χ4v) is 1.13. The summed E-state index contributed by atoms with van der Waals surface area (Å²) in [7, 11) is 1.58. The van der Waals surface area contributed by atoms with Crippen LogP contribution in [0.3, 0.4) is 0 Å². The van der Waals surface area contributed by atoms with Crippen LogP contribution in [-0.2, 0) is 5.75 Å². The molecular formula is C7H10N2OS. The van der Waals surface area contributed by atoms with Gasteiger partial charge in [0.15, 0.2) is 0 Å². The van der Waals surface area contributed by atoms with Crippen molar-refractivity contribution in [1.29, 1.82) is 0 Å². The van der Waals surface area contributed by atoms with Crippen LogP contribution >= 0.6 is 11.8 Å². The van der Waals surface area contributed by atoms with Gasteiger partial charge in [0.05, 0.1) is 12.8 Å². The molecule has 0 saturated carbocycles. The molecule has 0 aliphatic heterocycles. The number of rotatable bonds is 3. The molecule has 0 N–H and O–H groups in total. The lowest BCUT2D eigenvalue weighted by Gasteiger charge is -1.97. The van der Waals surface area contributed by atoms with Crippen LogP contribution in [0.4, 0.5) is 0 Å². The van der Waals surface area contributed by atoms with E-state index in [0.29, 0.717) is 5.88 Å². The van der Waals surface area contributed by atoms with Gasteiger partial charge in [0.25, 0.3) is 0 Å². The maximum Gasteiger partial charge on any atom is 0.233 e. The van der Waals surface area contributed by atoms with Crippen LogP contribution in [-0.4, -0.2) is 23.6 Å². The lowest BCUT2D eigenvalue weighted by molar-refractivity contribution is 0.391. The van der Waals surface area contributed by atoms with Gasteiger partial charge >= 0.3 is 0 Å². The first-order chi connectivity index (χ1) is 5.36. The molecule has 0 aliphatic carbocycles. The molecule has 0 aromatic carbocycles. The Morgan fingerprint density at radius 2 is 2.27 bits per heavy atom. The molecule has 0 spiro atoms. The summed E-state index contributed by atoms with van der Waals surface area (Å²) in [5.74, 6) is 1.46. The second kappa shape index (κ2) is 4.18. The minimum absolute atomic E-state index is 0.565. The first kappa shape index (κ1) is 8.33. The zero-order chi connectivity index (χ0) is 8.10. The van der Waals surface area contributed by atoms with E-state index in [0.717, 1.165) is 11.4 Å². The fraction of sp³-hybridized carbons (Fsp3) is 0.429. The molecular weight excluding hydrogens is 160 g/mol. The molecule has 60 valence electrons. The molecule has 1 rings (SSSR count). The fourth-order valence-electron chi connectivity index (χ4n) is 0.681. The molecule has 0 bridgehead atoms. The Kier molecular flexibility index (Phi) is 3.16. The zero-order valence-electron chi connectivity index (χ0n) is 6.57. The maximum absolute atomic E-state index is 4.87. The quantitative estimate of drug-likeness (QED) is 0.686. The van der Waals surface area contributed by atoms with Gasteiger partial charge < -0.3 is 4.74 Å². The Balaban J connectivity index is 2.66. The van der Waals surface area contributed by atoms with Crippen molar-refractivity contribution in [3.05, 3.63) is 17.8 Å². The van der Waals surface area contributed by atoms with E-state index in [1.807, 2.05) is 18.4 Å². The van der Waals surface area contributed by atoms with E-state index < -0.39 is 0 Å². The van der Waals surface area contributed by atoms with Gasteiger partial charge in [0.1, 0.15) is 0 Å². The summed E-state index contributed by atoms with van der Waals surface area (Å²) in [5, 5.41) is 7.77. The van der Waals surface area contributed by atoms with Crippen LogP contribution in [0.25, 0.3) is 0 Å². The van der Waals surface area contributed by atoms with Crippen molar-refractivity contribution in [3.8, 4) is 5.88 Å². The Morgan fingerprint density at radius 1 is 1.45 bits per heavy atom. The Hall–Kier alpha value is -0.770. The number of hydrogen-bond donors (Lipinski definition) is 0. The van der Waals surface area contributed by atoms with E-state index in [9.17, 15) is 0 Å². The highest BCUT2D eigenvalue weighted by Crippen LogP contribution is 2.08. The first-order valence-electron chi connectivity index (χ1n) is 3.22. The third kappa shape index (κ3) is 2.38. The summed E-state index contributed by atoms with van der Waals surface area (Å²) in [6.45, 7) is 0. The van der Waals surface area contributed by atoms with Crippen molar-refractivity contribution in [2.24, 2.45) is 0 Å². The average Bonchev–Trinajstić information content (AvgIpc) is 2.07. The first-order valence-corrected chi connectivity index (χ1v) is 4.61. The van der Waals surface area contributed by atoms with Gasteiger partial charge in [-0.1, -0.05) is 0 Å². The number of nitrogens with zero attached hydrogens (tertiary/aromatic N) is 2. The minimum Gasteiger partial charge on any atom is -0.480 e. The molecule has 1 heterocycles. The van der Waals surface area contributed by atoms with E-state index in [1.165, 1.54) is 0 Å².